The topological polar surface area (TPSA) is 281 Å². The summed E-state index contributed by atoms with van der Waals surface area (Å²) < 4.78 is 163. The van der Waals surface area contributed by atoms with Crippen LogP contribution in [0.1, 0.15) is 143 Å². The number of guanidine groups is 3. The van der Waals surface area contributed by atoms with Gasteiger partial charge in [-0.15, -0.1) is 0 Å². The lowest BCUT2D eigenvalue weighted by Crippen LogP contribution is -2.41. The number of hydrogen-bond donors (Lipinski definition) is 3. The van der Waals surface area contributed by atoms with Crippen LogP contribution in [-0.2, 0) is 50.6 Å². The Hall–Kier alpha value is -12.0. The Bertz CT molecular complexity index is 4650. The summed E-state index contributed by atoms with van der Waals surface area (Å²) in [4.78, 5) is 107. The van der Waals surface area contributed by atoms with Gasteiger partial charge in [-0.25, -0.2) is 29.9 Å². The van der Waals surface area contributed by atoms with E-state index < -0.39 is 90.0 Å². The first-order chi connectivity index (χ1) is 52.4. The van der Waals surface area contributed by atoms with Crippen molar-refractivity contribution in [1.82, 2.24) is 43.4 Å². The molecule has 0 aliphatic carbocycles. The number of hydrogen-bond acceptors (Lipinski definition) is 15. The van der Waals surface area contributed by atoms with Crippen LogP contribution in [0.2, 0.25) is 0 Å². The maximum absolute atomic E-state index is 14.4. The van der Waals surface area contributed by atoms with E-state index in [4.69, 9.17) is 17.2 Å². The molecule has 0 fully saturated rings. The first-order valence-corrected chi connectivity index (χ1v) is 34.9. The maximum Gasteiger partial charge on any atom is 0.389 e. The van der Waals surface area contributed by atoms with Gasteiger partial charge in [0.25, 0.3) is 17.7 Å². The first kappa shape index (κ1) is 84.0. The fourth-order valence-corrected chi connectivity index (χ4v) is 13.4. The van der Waals surface area contributed by atoms with Crippen molar-refractivity contribution in [3.05, 3.63) is 233 Å². The Morgan fingerprint density at radius 3 is 0.839 bits per heavy atom. The average molecular weight is 1560 g/mol. The van der Waals surface area contributed by atoms with Crippen LogP contribution >= 0.6 is 0 Å². The van der Waals surface area contributed by atoms with Crippen molar-refractivity contribution in [2.45, 2.75) is 133 Å². The van der Waals surface area contributed by atoms with Gasteiger partial charge in [0.15, 0.2) is 51.8 Å². The third-order valence-electron chi connectivity index (χ3n) is 19.1. The Labute approximate surface area is 636 Å². The summed E-state index contributed by atoms with van der Waals surface area (Å²) in [5, 5.41) is 0. The largest absolute Gasteiger partial charge is 0.389 e. The number of benzene rings is 3. The highest BCUT2D eigenvalue weighted by molar-refractivity contribution is 6.11. The van der Waals surface area contributed by atoms with Crippen LogP contribution in [0.5, 0.6) is 0 Å². The molecule has 1 unspecified atom stereocenters. The predicted octanol–water partition coefficient (Wildman–Crippen LogP) is 13.6. The number of aryl methyl sites for hydroxylation is 3. The van der Waals surface area contributed by atoms with Crippen LogP contribution in [0.15, 0.2) is 180 Å². The van der Waals surface area contributed by atoms with E-state index in [1.807, 2.05) is 0 Å². The second-order valence-electron chi connectivity index (χ2n) is 26.3. The molecule has 0 saturated heterocycles. The van der Waals surface area contributed by atoms with Gasteiger partial charge < -0.3 is 30.9 Å². The number of carbonyl (C=O) groups is 6. The fraction of sp³-hybridized carbons (Fsp3) is 0.308. The van der Waals surface area contributed by atoms with Crippen LogP contribution in [0.3, 0.4) is 0 Å². The van der Waals surface area contributed by atoms with Gasteiger partial charge in [-0.3, -0.25) is 43.5 Å². The lowest BCUT2D eigenvalue weighted by atomic mass is 9.83. The SMILES string of the molecule is CCC(=O)c1cc(C2(c3cccc(-c4cccnc4F)c3)N=C(N)N(C)C2=O)cn1CCCC(F)(F)F.CCC(=O)c1cc([C@@]2(c3cccc(-c4cccnc4F)c3)N=C(N)N(C)C2=O)cn1CCCC(F)(F)F.CCC(=O)c1cc([C@]2(c3cccc(-c4cccnc4F)c3)N=C(N)N(C)C2=O)cn1CCCC(F)(F)F.[B]. The number of nitrogens with zero attached hydrogens (tertiary/aromatic N) is 12. The molecule has 0 saturated carbocycles. The third kappa shape index (κ3) is 17.3. The van der Waals surface area contributed by atoms with Crippen LogP contribution < -0.4 is 17.2 Å². The standard InChI is InChI=1S/3C26H25F4N5O2.B/c3*1-3-21(36)20-14-18(15-35(20)12-6-10-25(28,29)30)26(23(37)34(2)24(31)33-26)17-8-4-7-16(13-17)19-9-5-11-32-22(19)27;/h3*4-5,7-9,11,13-15H,3,6,10,12H2,1-2H3,(H2,31,33);/t2*26-;;/m10../s1. The van der Waals surface area contributed by atoms with Gasteiger partial charge >= 0.3 is 18.5 Å². The number of Topliss-reactive ketones (excluding diaryl/α,β-unsaturated/α-hetero) is 3. The third-order valence-corrected chi connectivity index (χ3v) is 19.1. The summed E-state index contributed by atoms with van der Waals surface area (Å²) in [6.45, 7) is 4.67. The Morgan fingerprint density at radius 2 is 0.634 bits per heavy atom. The quantitative estimate of drug-likeness (QED) is 0.0220. The van der Waals surface area contributed by atoms with E-state index in [0.29, 0.717) is 33.4 Å². The highest BCUT2D eigenvalue weighted by Crippen LogP contribution is 2.46. The lowest BCUT2D eigenvalue weighted by Gasteiger charge is -2.25. The van der Waals surface area contributed by atoms with E-state index in [1.165, 1.54) is 105 Å². The molecule has 12 rings (SSSR count). The second-order valence-corrected chi connectivity index (χ2v) is 26.3. The van der Waals surface area contributed by atoms with Crippen molar-refractivity contribution >= 4 is 61.4 Å². The molecular weight excluding hydrogens is 1480 g/mol. The highest BCUT2D eigenvalue weighted by Gasteiger charge is 2.54. The molecule has 3 atom stereocenters. The van der Waals surface area contributed by atoms with Gasteiger partial charge in [0.2, 0.25) is 17.8 Å². The van der Waals surface area contributed by atoms with Gasteiger partial charge in [0, 0.05) is 158 Å². The van der Waals surface area contributed by atoms with Gasteiger partial charge in [0.1, 0.15) is 0 Å². The normalized spacial score (nSPS) is 17.7. The molecule has 0 bridgehead atoms. The van der Waals surface area contributed by atoms with Gasteiger partial charge in [0.05, 0.1) is 17.1 Å². The van der Waals surface area contributed by atoms with Crippen LogP contribution in [0, 0.1) is 17.8 Å². The van der Waals surface area contributed by atoms with Crippen molar-refractivity contribution in [2.75, 3.05) is 21.1 Å². The zero-order valence-corrected chi connectivity index (χ0v) is 61.2. The number of ketones is 3. The number of carbonyl (C=O) groups excluding carboxylic acids is 6. The molecule has 21 nitrogen and oxygen atoms in total. The highest BCUT2D eigenvalue weighted by atomic mass is 19.4. The summed E-state index contributed by atoms with van der Waals surface area (Å²) >= 11 is 0. The summed E-state index contributed by atoms with van der Waals surface area (Å²) in [7, 11) is 4.35. The van der Waals surface area contributed by atoms with Crippen molar-refractivity contribution in [3.63, 3.8) is 0 Å². The van der Waals surface area contributed by atoms with Crippen molar-refractivity contribution < 1.29 is 81.5 Å². The molecule has 9 aromatic rings. The minimum Gasteiger partial charge on any atom is -0.369 e. The molecule has 3 radical (unpaired) electrons. The monoisotopic (exact) mass is 1560 g/mol. The summed E-state index contributed by atoms with van der Waals surface area (Å²) in [5.41, 5.74) is 17.3. The van der Waals surface area contributed by atoms with Crippen molar-refractivity contribution in [1.29, 1.82) is 0 Å². The zero-order chi connectivity index (χ0) is 80.9. The van der Waals surface area contributed by atoms with Crippen LogP contribution in [-0.4, -0.2) is 144 Å². The van der Waals surface area contributed by atoms with Crippen molar-refractivity contribution in [2.24, 2.45) is 32.2 Å². The van der Waals surface area contributed by atoms with E-state index in [1.54, 1.807) is 130 Å². The molecule has 6 N–H and O–H groups in total. The van der Waals surface area contributed by atoms with E-state index in [0.717, 1.165) is 0 Å². The molecule has 3 aromatic carbocycles. The molecule has 6 aromatic heterocycles. The maximum atomic E-state index is 14.4. The van der Waals surface area contributed by atoms with E-state index in [9.17, 15) is 81.5 Å². The minimum absolute atomic E-state index is 0. The first-order valence-electron chi connectivity index (χ1n) is 34.9. The lowest BCUT2D eigenvalue weighted by molar-refractivity contribution is -0.136. The number of aromatic nitrogens is 6. The molecular formula is C78H75BF12N15O6. The molecule has 34 heteroatoms. The number of aliphatic imine (C=N–C) groups is 3. The van der Waals surface area contributed by atoms with Crippen LogP contribution in [0.4, 0.5) is 52.7 Å². The van der Waals surface area contributed by atoms with E-state index in [-0.39, 0.29) is 152 Å². The van der Waals surface area contributed by atoms with Gasteiger partial charge in [-0.2, -0.15) is 52.7 Å². The number of halogens is 12. The molecule has 3 aliphatic rings. The number of pyridine rings is 3. The molecule has 3 amide bonds. The molecule has 112 heavy (non-hydrogen) atoms. The molecule has 585 valence electrons. The van der Waals surface area contributed by atoms with Gasteiger partial charge in [-0.1, -0.05) is 75.4 Å². The number of nitrogens with two attached hydrogens (primary N) is 3. The minimum atomic E-state index is -4.34. The number of alkyl halides is 9. The second kappa shape index (κ2) is 33.7. The average Bonchev–Trinajstić information content (AvgIpc) is 1.57. The van der Waals surface area contributed by atoms with E-state index in [2.05, 4.69) is 29.9 Å². The summed E-state index contributed by atoms with van der Waals surface area (Å²) in [5.74, 6) is -4.75. The summed E-state index contributed by atoms with van der Waals surface area (Å²) in [6.07, 6.45) is -8.07. The number of amides is 3. The molecule has 0 spiro atoms. The zero-order valence-electron chi connectivity index (χ0n) is 61.2. The molecule has 9 heterocycles. The molecule has 3 aliphatic heterocycles. The van der Waals surface area contributed by atoms with Crippen LogP contribution in [0.25, 0.3) is 33.4 Å². The van der Waals surface area contributed by atoms with Crippen molar-refractivity contribution in [3.8, 4) is 33.4 Å². The Balaban J connectivity index is 0.000000192. The Morgan fingerprint density at radius 1 is 0.384 bits per heavy atom. The van der Waals surface area contributed by atoms with E-state index >= 15 is 0 Å². The fourth-order valence-electron chi connectivity index (χ4n) is 13.4. The van der Waals surface area contributed by atoms with Gasteiger partial charge in [-0.05, 0) is 125 Å². The smallest absolute Gasteiger partial charge is 0.369 e. The number of rotatable bonds is 24. The summed E-state index contributed by atoms with van der Waals surface area (Å²) in [6, 6.07) is 33.3. The predicted molar refractivity (Wildman–Crippen MR) is 393 cm³/mol. The Kier molecular flexibility index (Phi) is 25.3. The number of likely N-dealkylation sites (N-methyl/N-ethyl adjacent to an activating group) is 3.